The Morgan fingerprint density at radius 3 is 2.38 bits per heavy atom. The summed E-state index contributed by atoms with van der Waals surface area (Å²) in [6.07, 6.45) is 12.0. The fraction of sp³-hybridized carbons (Fsp3) is 0.571. The molecular formula is C21H32O3. The molecule has 0 aromatic heterocycles. The molecular weight excluding hydrogens is 300 g/mol. The quantitative estimate of drug-likeness (QED) is 0.249. The number of carbonyl (C=O) groups excluding carboxylic acids is 1. The minimum atomic E-state index is -0.371. The second kappa shape index (κ2) is 13.6. The molecule has 1 aromatic carbocycles. The summed E-state index contributed by atoms with van der Waals surface area (Å²) >= 11 is 0. The number of benzene rings is 1. The van der Waals surface area contributed by atoms with Gasteiger partial charge in [-0.15, -0.1) is 0 Å². The molecule has 0 saturated heterocycles. The summed E-state index contributed by atoms with van der Waals surface area (Å²) < 4.78 is 11.2. The van der Waals surface area contributed by atoms with E-state index in [1.807, 2.05) is 30.3 Å². The molecule has 1 rings (SSSR count). The van der Waals surface area contributed by atoms with Crippen LogP contribution in [0.25, 0.3) is 0 Å². The summed E-state index contributed by atoms with van der Waals surface area (Å²) in [6, 6.07) is 9.85. The van der Waals surface area contributed by atoms with Crippen molar-refractivity contribution in [2.75, 3.05) is 6.61 Å². The first-order valence-corrected chi connectivity index (χ1v) is 9.27. The van der Waals surface area contributed by atoms with Gasteiger partial charge in [-0.1, -0.05) is 70.2 Å². The number of unbranched alkanes of at least 4 members (excludes halogenated alkanes) is 6. The first-order valence-electron chi connectivity index (χ1n) is 9.27. The van der Waals surface area contributed by atoms with Gasteiger partial charge in [0.15, 0.2) is 0 Å². The molecule has 24 heavy (non-hydrogen) atoms. The summed E-state index contributed by atoms with van der Waals surface area (Å²) in [5.74, 6) is 0.505. The van der Waals surface area contributed by atoms with Crippen LogP contribution in [0.2, 0.25) is 0 Å². The molecule has 3 nitrogen and oxygen atoms in total. The van der Waals surface area contributed by atoms with Crippen LogP contribution in [0.5, 0.6) is 5.75 Å². The number of rotatable bonds is 14. The van der Waals surface area contributed by atoms with E-state index in [1.165, 1.54) is 44.6 Å². The van der Waals surface area contributed by atoms with Crippen LogP contribution in [0.4, 0.5) is 0 Å². The summed E-state index contributed by atoms with van der Waals surface area (Å²) in [5.41, 5.74) is 0. The molecule has 0 N–H and O–H groups in total. The predicted molar refractivity (Wildman–Crippen MR) is 99.2 cm³/mol. The van der Waals surface area contributed by atoms with E-state index in [4.69, 9.17) is 9.47 Å². The van der Waals surface area contributed by atoms with Crippen LogP contribution in [0.3, 0.4) is 0 Å². The van der Waals surface area contributed by atoms with E-state index >= 15 is 0 Å². The Morgan fingerprint density at radius 1 is 1.04 bits per heavy atom. The Morgan fingerprint density at radius 2 is 1.71 bits per heavy atom. The van der Waals surface area contributed by atoms with Gasteiger partial charge in [0, 0.05) is 12.5 Å². The van der Waals surface area contributed by atoms with E-state index < -0.39 is 0 Å². The van der Waals surface area contributed by atoms with Gasteiger partial charge < -0.3 is 9.47 Å². The number of carbonyl (C=O) groups is 1. The van der Waals surface area contributed by atoms with Crippen molar-refractivity contribution in [2.24, 2.45) is 0 Å². The van der Waals surface area contributed by atoms with Gasteiger partial charge in [-0.2, -0.15) is 0 Å². The van der Waals surface area contributed by atoms with Crippen LogP contribution in [0.15, 0.2) is 43.0 Å². The zero-order chi connectivity index (χ0) is 17.5. The van der Waals surface area contributed by atoms with E-state index in [1.54, 1.807) is 0 Å². The molecule has 0 aliphatic carbocycles. The minimum absolute atomic E-state index is 0.0839. The van der Waals surface area contributed by atoms with Gasteiger partial charge in [0.1, 0.15) is 11.9 Å². The zero-order valence-electron chi connectivity index (χ0n) is 15.0. The summed E-state index contributed by atoms with van der Waals surface area (Å²) in [7, 11) is 0. The van der Waals surface area contributed by atoms with Gasteiger partial charge in [0.25, 0.3) is 0 Å². The zero-order valence-corrected chi connectivity index (χ0v) is 15.0. The third kappa shape index (κ3) is 10.1. The number of para-hydroxylation sites is 1. The third-order valence-corrected chi connectivity index (χ3v) is 4.03. The van der Waals surface area contributed by atoms with Crippen molar-refractivity contribution in [2.45, 2.75) is 70.8 Å². The SMILES string of the molecule is C=CC(=O)OCCC(CCCCCCCCC)Oc1ccccc1. The first kappa shape index (κ1) is 20.3. The normalized spacial score (nSPS) is 11.7. The summed E-state index contributed by atoms with van der Waals surface area (Å²) in [6.45, 7) is 6.03. The molecule has 0 saturated carbocycles. The average Bonchev–Trinajstić information content (AvgIpc) is 2.61. The van der Waals surface area contributed by atoms with Crippen molar-refractivity contribution in [3.63, 3.8) is 0 Å². The lowest BCUT2D eigenvalue weighted by molar-refractivity contribution is -0.138. The molecule has 0 spiro atoms. The van der Waals surface area contributed by atoms with Crippen molar-refractivity contribution in [3.05, 3.63) is 43.0 Å². The van der Waals surface area contributed by atoms with Crippen LogP contribution in [0, 0.1) is 0 Å². The second-order valence-electron chi connectivity index (χ2n) is 6.12. The van der Waals surface area contributed by atoms with Crippen LogP contribution in [-0.2, 0) is 9.53 Å². The van der Waals surface area contributed by atoms with Gasteiger partial charge in [-0.25, -0.2) is 4.79 Å². The molecule has 0 bridgehead atoms. The first-order chi connectivity index (χ1) is 11.8. The second-order valence-corrected chi connectivity index (χ2v) is 6.12. The molecule has 134 valence electrons. The van der Waals surface area contributed by atoms with Gasteiger partial charge >= 0.3 is 5.97 Å². The van der Waals surface area contributed by atoms with Crippen molar-refractivity contribution < 1.29 is 14.3 Å². The highest BCUT2D eigenvalue weighted by atomic mass is 16.5. The van der Waals surface area contributed by atoms with Crippen molar-refractivity contribution in [3.8, 4) is 5.75 Å². The van der Waals surface area contributed by atoms with Gasteiger partial charge in [-0.3, -0.25) is 0 Å². The molecule has 3 heteroatoms. The summed E-state index contributed by atoms with van der Waals surface area (Å²) in [4.78, 5) is 11.2. The van der Waals surface area contributed by atoms with Gasteiger partial charge in [-0.05, 0) is 25.0 Å². The Kier molecular flexibility index (Phi) is 11.5. The van der Waals surface area contributed by atoms with E-state index in [0.717, 1.165) is 18.6 Å². The standard InChI is InChI=1S/C21H32O3/c1-3-5-6-7-8-9-11-16-20(17-18-23-21(22)4-2)24-19-14-12-10-13-15-19/h4,10,12-15,20H,2-3,5-9,11,16-18H2,1H3. The predicted octanol–water partition coefficient (Wildman–Crippen LogP) is 5.69. The Bertz CT molecular complexity index is 442. The van der Waals surface area contributed by atoms with Gasteiger partial charge in [0.05, 0.1) is 6.61 Å². The monoisotopic (exact) mass is 332 g/mol. The van der Waals surface area contributed by atoms with E-state index in [9.17, 15) is 4.79 Å². The van der Waals surface area contributed by atoms with Crippen LogP contribution in [0.1, 0.15) is 64.7 Å². The molecule has 0 aliphatic heterocycles. The maximum Gasteiger partial charge on any atom is 0.330 e. The Hall–Kier alpha value is -1.77. The highest BCUT2D eigenvalue weighted by Gasteiger charge is 2.11. The van der Waals surface area contributed by atoms with Crippen LogP contribution < -0.4 is 4.74 Å². The smallest absolute Gasteiger partial charge is 0.330 e. The Labute approximate surface area is 147 Å². The molecule has 0 heterocycles. The van der Waals surface area contributed by atoms with Crippen LogP contribution in [-0.4, -0.2) is 18.7 Å². The molecule has 0 amide bonds. The minimum Gasteiger partial charge on any atom is -0.490 e. The van der Waals surface area contributed by atoms with Crippen molar-refractivity contribution >= 4 is 5.97 Å². The molecule has 1 aromatic rings. The lowest BCUT2D eigenvalue weighted by Gasteiger charge is -2.19. The van der Waals surface area contributed by atoms with Crippen molar-refractivity contribution in [1.82, 2.24) is 0 Å². The highest BCUT2D eigenvalue weighted by Crippen LogP contribution is 2.18. The molecule has 1 unspecified atom stereocenters. The summed E-state index contributed by atoms with van der Waals surface area (Å²) in [5, 5.41) is 0. The van der Waals surface area contributed by atoms with E-state index in [-0.39, 0.29) is 12.1 Å². The Balaban J connectivity index is 2.31. The highest BCUT2D eigenvalue weighted by molar-refractivity contribution is 5.81. The maximum atomic E-state index is 11.2. The fourth-order valence-corrected chi connectivity index (χ4v) is 2.63. The molecule has 0 aliphatic rings. The molecule has 0 fully saturated rings. The molecule has 0 radical (unpaired) electrons. The van der Waals surface area contributed by atoms with E-state index in [0.29, 0.717) is 13.0 Å². The largest absolute Gasteiger partial charge is 0.490 e. The lowest BCUT2D eigenvalue weighted by atomic mass is 10.0. The fourth-order valence-electron chi connectivity index (χ4n) is 2.63. The number of hydrogen-bond acceptors (Lipinski definition) is 3. The van der Waals surface area contributed by atoms with Crippen LogP contribution >= 0.6 is 0 Å². The van der Waals surface area contributed by atoms with Gasteiger partial charge in [0.2, 0.25) is 0 Å². The topological polar surface area (TPSA) is 35.5 Å². The van der Waals surface area contributed by atoms with Crippen molar-refractivity contribution in [1.29, 1.82) is 0 Å². The van der Waals surface area contributed by atoms with E-state index in [2.05, 4.69) is 13.5 Å². The lowest BCUT2D eigenvalue weighted by Crippen LogP contribution is -2.20. The number of ether oxygens (including phenoxy) is 2. The average molecular weight is 332 g/mol. The maximum absolute atomic E-state index is 11.2. The third-order valence-electron chi connectivity index (χ3n) is 4.03. The number of esters is 1. The number of hydrogen-bond donors (Lipinski definition) is 0. The molecule has 1 atom stereocenters.